The van der Waals surface area contributed by atoms with E-state index < -0.39 is 0 Å². The van der Waals surface area contributed by atoms with Crippen LogP contribution in [0.25, 0.3) is 0 Å². The molecule has 5 heteroatoms. The van der Waals surface area contributed by atoms with Gasteiger partial charge in [0, 0.05) is 18.6 Å². The van der Waals surface area contributed by atoms with Crippen LogP contribution >= 0.6 is 0 Å². The van der Waals surface area contributed by atoms with Crippen molar-refractivity contribution in [1.82, 2.24) is 14.8 Å². The molecule has 2 aromatic rings. The van der Waals surface area contributed by atoms with Gasteiger partial charge < -0.3 is 10.1 Å². The van der Waals surface area contributed by atoms with Crippen molar-refractivity contribution in [2.24, 2.45) is 0 Å². The van der Waals surface area contributed by atoms with E-state index in [1.54, 1.807) is 7.11 Å². The molecular weight excluding hydrogens is 312 g/mol. The molecule has 0 saturated heterocycles. The minimum absolute atomic E-state index is 0.0975. The van der Waals surface area contributed by atoms with E-state index in [4.69, 9.17) is 9.84 Å². The lowest BCUT2D eigenvalue weighted by Crippen LogP contribution is -2.26. The topological polar surface area (TPSA) is 52.0 Å². The second-order valence-corrected chi connectivity index (χ2v) is 8.34. The quantitative estimate of drug-likeness (QED) is 0.851. The molecule has 1 N–H and O–H groups in total. The molecule has 25 heavy (non-hydrogen) atoms. The van der Waals surface area contributed by atoms with Gasteiger partial charge in [0.15, 0.2) is 0 Å². The summed E-state index contributed by atoms with van der Waals surface area (Å²) in [6, 6.07) is 8.17. The summed E-state index contributed by atoms with van der Waals surface area (Å²) in [4.78, 5) is 4.63. The van der Waals surface area contributed by atoms with Crippen LogP contribution in [0.4, 0.5) is 11.6 Å². The maximum atomic E-state index is 5.19. The van der Waals surface area contributed by atoms with Crippen LogP contribution in [0.15, 0.2) is 24.3 Å². The molecule has 136 valence electrons. The molecular formula is C20H30N4O. The average Bonchev–Trinajstić information content (AvgIpc) is 3.15. The highest BCUT2D eigenvalue weighted by atomic mass is 16.5. The van der Waals surface area contributed by atoms with Gasteiger partial charge in [-0.1, -0.05) is 25.8 Å². The molecule has 0 aromatic carbocycles. The number of nitrogens with one attached hydrogen (secondary N) is 1. The maximum absolute atomic E-state index is 5.19. The van der Waals surface area contributed by atoms with Crippen LogP contribution in [0.5, 0.6) is 0 Å². The van der Waals surface area contributed by atoms with Gasteiger partial charge in [-0.15, -0.1) is 0 Å². The van der Waals surface area contributed by atoms with Gasteiger partial charge in [-0.2, -0.15) is 5.10 Å². The fourth-order valence-corrected chi connectivity index (χ4v) is 3.60. The predicted molar refractivity (Wildman–Crippen MR) is 101 cm³/mol. The van der Waals surface area contributed by atoms with Crippen molar-refractivity contribution in [3.05, 3.63) is 35.7 Å². The van der Waals surface area contributed by atoms with Crippen molar-refractivity contribution in [3.63, 3.8) is 0 Å². The van der Waals surface area contributed by atoms with E-state index in [0.717, 1.165) is 17.3 Å². The summed E-state index contributed by atoms with van der Waals surface area (Å²) in [7, 11) is 1.69. The lowest BCUT2D eigenvalue weighted by molar-refractivity contribution is 0.181. The van der Waals surface area contributed by atoms with Gasteiger partial charge in [-0.25, -0.2) is 9.67 Å². The summed E-state index contributed by atoms with van der Waals surface area (Å²) >= 11 is 0. The summed E-state index contributed by atoms with van der Waals surface area (Å²) in [5.74, 6) is 1.82. The Labute approximate surface area is 150 Å². The second kappa shape index (κ2) is 6.79. The molecule has 0 aliphatic heterocycles. The summed E-state index contributed by atoms with van der Waals surface area (Å²) in [6.07, 6.45) is 5.02. The molecule has 5 nitrogen and oxygen atoms in total. The molecule has 1 aliphatic rings. The van der Waals surface area contributed by atoms with Crippen LogP contribution in [0.2, 0.25) is 0 Å². The highest BCUT2D eigenvalue weighted by molar-refractivity contribution is 5.54. The lowest BCUT2D eigenvalue weighted by atomic mass is 9.85. The molecule has 0 radical (unpaired) electrons. The van der Waals surface area contributed by atoms with Gasteiger partial charge in [0.2, 0.25) is 0 Å². The number of rotatable bonds is 5. The summed E-state index contributed by atoms with van der Waals surface area (Å²) in [6.45, 7) is 9.40. The molecule has 0 bridgehead atoms. The van der Waals surface area contributed by atoms with E-state index in [1.807, 2.05) is 18.2 Å². The van der Waals surface area contributed by atoms with E-state index in [2.05, 4.69) is 48.7 Å². The van der Waals surface area contributed by atoms with E-state index in [0.29, 0.717) is 6.61 Å². The third-order valence-corrected chi connectivity index (χ3v) is 5.03. The molecule has 1 fully saturated rings. The smallest absolute Gasteiger partial charge is 0.131 e. The maximum Gasteiger partial charge on any atom is 0.131 e. The number of hydrogen-bond donors (Lipinski definition) is 1. The molecule has 0 spiro atoms. The number of nitrogens with zero attached hydrogens (tertiary/aromatic N) is 3. The zero-order valence-electron chi connectivity index (χ0n) is 16.1. The van der Waals surface area contributed by atoms with Crippen molar-refractivity contribution in [2.45, 2.75) is 70.9 Å². The molecule has 0 unspecified atom stereocenters. The second-order valence-electron chi connectivity index (χ2n) is 8.34. The fourth-order valence-electron chi connectivity index (χ4n) is 3.60. The normalized spacial score (nSPS) is 17.0. The summed E-state index contributed by atoms with van der Waals surface area (Å²) in [5, 5.41) is 8.46. The number of pyridine rings is 1. The Morgan fingerprint density at radius 2 is 1.96 bits per heavy atom. The molecule has 0 amide bonds. The monoisotopic (exact) mass is 342 g/mol. The third kappa shape index (κ3) is 3.87. The first-order chi connectivity index (χ1) is 11.8. The first kappa shape index (κ1) is 17.9. The molecule has 3 rings (SSSR count). The molecule has 0 atom stereocenters. The SMILES string of the molecule is COCc1cccc(Nc2cc(C3(C)CCCC3)nn2C(C)(C)C)n1. The fraction of sp³-hybridized carbons (Fsp3) is 0.600. The van der Waals surface area contributed by atoms with Crippen molar-refractivity contribution in [2.75, 3.05) is 12.4 Å². The first-order valence-corrected chi connectivity index (χ1v) is 9.15. The molecule has 2 aromatic heterocycles. The van der Waals surface area contributed by atoms with Gasteiger partial charge in [0.25, 0.3) is 0 Å². The molecule has 1 aliphatic carbocycles. The van der Waals surface area contributed by atoms with E-state index in [9.17, 15) is 0 Å². The number of aromatic nitrogens is 3. The number of methoxy groups -OCH3 is 1. The zero-order chi connectivity index (χ0) is 18.1. The largest absolute Gasteiger partial charge is 0.378 e. The Hall–Kier alpha value is -1.88. The highest BCUT2D eigenvalue weighted by Crippen LogP contribution is 2.41. The standard InChI is InChI=1S/C20H30N4O/c1-19(2,3)24-18(13-16(23-24)20(4)11-6-7-12-20)22-17-10-8-9-15(21-17)14-25-5/h8-10,13H,6-7,11-12,14H2,1-5H3,(H,21,22). The lowest BCUT2D eigenvalue weighted by Gasteiger charge is -2.24. The van der Waals surface area contributed by atoms with E-state index in [1.165, 1.54) is 31.4 Å². The Balaban J connectivity index is 1.94. The van der Waals surface area contributed by atoms with Crippen molar-refractivity contribution in [3.8, 4) is 0 Å². The van der Waals surface area contributed by atoms with Crippen LogP contribution in [-0.2, 0) is 22.3 Å². The van der Waals surface area contributed by atoms with Gasteiger partial charge in [0.1, 0.15) is 11.6 Å². The summed E-state index contributed by atoms with van der Waals surface area (Å²) in [5.41, 5.74) is 2.20. The van der Waals surface area contributed by atoms with Crippen molar-refractivity contribution < 1.29 is 4.74 Å². The van der Waals surface area contributed by atoms with E-state index in [-0.39, 0.29) is 11.0 Å². The Morgan fingerprint density at radius 3 is 2.60 bits per heavy atom. The number of ether oxygens (including phenoxy) is 1. The van der Waals surface area contributed by atoms with Crippen molar-refractivity contribution in [1.29, 1.82) is 0 Å². The van der Waals surface area contributed by atoms with E-state index >= 15 is 0 Å². The van der Waals surface area contributed by atoms with Gasteiger partial charge in [-0.05, 0) is 45.7 Å². The van der Waals surface area contributed by atoms with Gasteiger partial charge in [0.05, 0.1) is 23.5 Å². The minimum Gasteiger partial charge on any atom is -0.378 e. The minimum atomic E-state index is -0.0975. The van der Waals surface area contributed by atoms with Crippen LogP contribution < -0.4 is 5.32 Å². The van der Waals surface area contributed by atoms with Gasteiger partial charge in [-0.3, -0.25) is 0 Å². The predicted octanol–water partition coefficient (Wildman–Crippen LogP) is 4.75. The highest BCUT2D eigenvalue weighted by Gasteiger charge is 2.34. The van der Waals surface area contributed by atoms with Crippen LogP contribution in [0.1, 0.15) is 64.8 Å². The first-order valence-electron chi connectivity index (χ1n) is 9.15. The Morgan fingerprint density at radius 1 is 1.24 bits per heavy atom. The molecule has 1 saturated carbocycles. The Bertz CT molecular complexity index is 724. The van der Waals surface area contributed by atoms with Gasteiger partial charge >= 0.3 is 0 Å². The van der Waals surface area contributed by atoms with Crippen LogP contribution in [0, 0.1) is 0 Å². The zero-order valence-corrected chi connectivity index (χ0v) is 16.1. The average molecular weight is 342 g/mol. The Kier molecular flexibility index (Phi) is 4.87. The number of anilines is 2. The third-order valence-electron chi connectivity index (χ3n) is 5.03. The number of hydrogen-bond acceptors (Lipinski definition) is 4. The summed E-state index contributed by atoms with van der Waals surface area (Å²) < 4.78 is 7.28. The van der Waals surface area contributed by atoms with Crippen molar-refractivity contribution >= 4 is 11.6 Å². The van der Waals surface area contributed by atoms with Crippen LogP contribution in [-0.4, -0.2) is 21.9 Å². The molecule has 2 heterocycles. The van der Waals surface area contributed by atoms with Crippen LogP contribution in [0.3, 0.4) is 0 Å².